The van der Waals surface area contributed by atoms with Gasteiger partial charge in [-0.2, -0.15) is 0 Å². The highest BCUT2D eigenvalue weighted by molar-refractivity contribution is 4.95. The summed E-state index contributed by atoms with van der Waals surface area (Å²) < 4.78 is 52.6. The van der Waals surface area contributed by atoms with Crippen LogP contribution in [-0.2, 0) is 37.9 Å². The van der Waals surface area contributed by atoms with Crippen LogP contribution in [-0.4, -0.2) is 137 Å². The maximum absolute atomic E-state index is 6.54. The van der Waals surface area contributed by atoms with Crippen LogP contribution < -0.4 is 0 Å². The lowest BCUT2D eigenvalue weighted by atomic mass is 10.1. The van der Waals surface area contributed by atoms with Gasteiger partial charge in [0.15, 0.2) is 24.2 Å². The van der Waals surface area contributed by atoms with Crippen LogP contribution in [0.1, 0.15) is 131 Å². The number of rotatable bonds is 25. The van der Waals surface area contributed by atoms with E-state index in [9.17, 15) is 0 Å². The van der Waals surface area contributed by atoms with Crippen molar-refractivity contribution in [2.24, 2.45) is 0 Å². The molecule has 0 saturated carbocycles. The van der Waals surface area contributed by atoms with Crippen LogP contribution in [0.25, 0.3) is 0 Å². The van der Waals surface area contributed by atoms with Crippen LogP contribution >= 0.6 is 0 Å². The summed E-state index contributed by atoms with van der Waals surface area (Å²) in [5.74, 6) is -1.27. The minimum Gasteiger partial charge on any atom is -0.372 e. The Morgan fingerprint density at radius 2 is 0.840 bits per heavy atom. The van der Waals surface area contributed by atoms with Crippen LogP contribution in [0.2, 0.25) is 0 Å². The first kappa shape index (κ1) is 42.3. The predicted octanol–water partition coefficient (Wildman–Crippen LogP) is 7.16. The number of unbranched alkanes of at least 4 members (excludes halogenated alkanes) is 11. The zero-order chi connectivity index (χ0) is 36.4. The fourth-order valence-electron chi connectivity index (χ4n) is 8.23. The molecule has 4 aliphatic heterocycles. The molecule has 4 aliphatic rings. The molecule has 8 unspecified atom stereocenters. The summed E-state index contributed by atoms with van der Waals surface area (Å²) in [4.78, 5) is 0. The number of fused-ring (bicyclic) bond motifs is 2. The molecule has 0 aromatic heterocycles. The fraction of sp³-hybridized carbons (Fsp3) is 1.00. The second-order valence-corrected chi connectivity index (χ2v) is 17.9. The van der Waals surface area contributed by atoms with Crippen molar-refractivity contribution < 1.29 is 46.9 Å². The van der Waals surface area contributed by atoms with E-state index >= 15 is 0 Å². The fourth-order valence-corrected chi connectivity index (χ4v) is 8.23. The lowest BCUT2D eigenvalue weighted by Gasteiger charge is -2.35. The van der Waals surface area contributed by atoms with Crippen LogP contribution in [0.5, 0.6) is 0 Å². The molecular formula is C40H78N2O8+2. The third-order valence-corrected chi connectivity index (χ3v) is 10.9. The summed E-state index contributed by atoms with van der Waals surface area (Å²) in [6.07, 6.45) is 15.7. The number of likely N-dealkylation sites (N-methyl/N-ethyl adjacent to an activating group) is 2. The molecule has 4 fully saturated rings. The average molecular weight is 715 g/mol. The highest BCUT2D eigenvalue weighted by Gasteiger charge is 2.58. The standard InChI is InChI=1S/C40H78N2O8/c1-11-13-15-21-25-41(7,8)29-31-33(35-37(45-31)49-39(3,4)47-35)43-27-23-19-17-18-20-24-28-44-34-32(30-42(9,10)26-22-16-14-12-2)46-38-36(34)48-40(5,6)50-38/h31-38H,11-30H2,1-10H3/q+2. The molecule has 0 aromatic rings. The van der Waals surface area contributed by atoms with E-state index in [-0.39, 0.29) is 49.2 Å². The average Bonchev–Trinajstić information content (AvgIpc) is 3.68. The third kappa shape index (κ3) is 13.2. The maximum atomic E-state index is 6.54. The van der Waals surface area contributed by atoms with Crippen LogP contribution in [0.4, 0.5) is 0 Å². The second kappa shape index (κ2) is 19.3. The predicted molar refractivity (Wildman–Crippen MR) is 197 cm³/mol. The highest BCUT2D eigenvalue weighted by atomic mass is 16.9. The van der Waals surface area contributed by atoms with Crippen molar-refractivity contribution in [3.63, 3.8) is 0 Å². The monoisotopic (exact) mass is 715 g/mol. The summed E-state index contributed by atoms with van der Waals surface area (Å²) in [5.41, 5.74) is 0. The van der Waals surface area contributed by atoms with Crippen LogP contribution in [0.15, 0.2) is 0 Å². The number of ether oxygens (including phenoxy) is 8. The van der Waals surface area contributed by atoms with E-state index in [4.69, 9.17) is 37.9 Å². The molecule has 0 bridgehead atoms. The second-order valence-electron chi connectivity index (χ2n) is 17.9. The zero-order valence-electron chi connectivity index (χ0n) is 33.9. The van der Waals surface area contributed by atoms with Crippen molar-refractivity contribution in [1.82, 2.24) is 0 Å². The molecule has 4 heterocycles. The normalized spacial score (nSPS) is 31.8. The highest BCUT2D eigenvalue weighted by Crippen LogP contribution is 2.41. The van der Waals surface area contributed by atoms with E-state index in [1.165, 1.54) is 64.2 Å². The lowest BCUT2D eigenvalue weighted by Crippen LogP contribution is -2.50. The van der Waals surface area contributed by atoms with Gasteiger partial charge in [-0.3, -0.25) is 0 Å². The molecule has 0 amide bonds. The summed E-state index contributed by atoms with van der Waals surface area (Å²) >= 11 is 0. The van der Waals surface area contributed by atoms with Gasteiger partial charge in [0.25, 0.3) is 0 Å². The Kier molecular flexibility index (Phi) is 16.3. The smallest absolute Gasteiger partial charge is 0.190 e. The Bertz CT molecular complexity index is 901. The minimum atomic E-state index is -0.637. The summed E-state index contributed by atoms with van der Waals surface area (Å²) in [6.45, 7) is 17.9. The van der Waals surface area contributed by atoms with Gasteiger partial charge >= 0.3 is 0 Å². The molecule has 0 aliphatic carbocycles. The van der Waals surface area contributed by atoms with E-state index in [1.54, 1.807) is 0 Å². The van der Waals surface area contributed by atoms with Crippen molar-refractivity contribution in [3.05, 3.63) is 0 Å². The van der Waals surface area contributed by atoms with E-state index in [2.05, 4.69) is 42.0 Å². The van der Waals surface area contributed by atoms with Gasteiger partial charge < -0.3 is 46.9 Å². The third-order valence-electron chi connectivity index (χ3n) is 10.9. The molecule has 4 saturated heterocycles. The van der Waals surface area contributed by atoms with E-state index in [0.29, 0.717) is 0 Å². The van der Waals surface area contributed by atoms with Crippen LogP contribution in [0.3, 0.4) is 0 Å². The number of nitrogens with zero attached hydrogens (tertiary/aromatic N) is 2. The van der Waals surface area contributed by atoms with Crippen molar-refractivity contribution in [2.45, 2.75) is 192 Å². The van der Waals surface area contributed by atoms with Gasteiger partial charge in [-0.15, -0.1) is 0 Å². The first-order valence-electron chi connectivity index (χ1n) is 20.5. The lowest BCUT2D eigenvalue weighted by molar-refractivity contribution is -0.894. The molecule has 4 rings (SSSR count). The molecule has 294 valence electrons. The van der Waals surface area contributed by atoms with Gasteiger partial charge in [0.2, 0.25) is 0 Å². The first-order valence-corrected chi connectivity index (χ1v) is 20.5. The van der Waals surface area contributed by atoms with Gasteiger partial charge in [-0.05, 0) is 66.2 Å². The minimum absolute atomic E-state index is 0.0227. The Balaban J connectivity index is 1.14. The molecule has 10 heteroatoms. The van der Waals surface area contributed by atoms with Gasteiger partial charge in [0.05, 0.1) is 41.3 Å². The Morgan fingerprint density at radius 3 is 1.22 bits per heavy atom. The van der Waals surface area contributed by atoms with Crippen molar-refractivity contribution in [1.29, 1.82) is 0 Å². The van der Waals surface area contributed by atoms with E-state index < -0.39 is 11.6 Å². The summed E-state index contributed by atoms with van der Waals surface area (Å²) in [7, 11) is 9.23. The quantitative estimate of drug-likeness (QED) is 0.0729. The first-order chi connectivity index (χ1) is 23.6. The largest absolute Gasteiger partial charge is 0.372 e. The van der Waals surface area contributed by atoms with E-state index in [0.717, 1.165) is 74.0 Å². The van der Waals surface area contributed by atoms with Gasteiger partial charge in [-0.25, -0.2) is 0 Å². The molecule has 0 aromatic carbocycles. The zero-order valence-corrected chi connectivity index (χ0v) is 33.9. The van der Waals surface area contributed by atoms with Crippen molar-refractivity contribution >= 4 is 0 Å². The molecule has 50 heavy (non-hydrogen) atoms. The Morgan fingerprint density at radius 1 is 0.480 bits per heavy atom. The SMILES string of the molecule is CCCCCC[N+](C)(C)CC1OC2OC(C)(C)OC2C1OCCCCCCCCOC1C(C[N+](C)(C)CCCCCC)OC2OC(C)(C)OC21. The summed E-state index contributed by atoms with van der Waals surface area (Å²) in [6, 6.07) is 0. The van der Waals surface area contributed by atoms with Crippen molar-refractivity contribution in [2.75, 3.05) is 67.6 Å². The van der Waals surface area contributed by atoms with Gasteiger partial charge in [0.1, 0.15) is 49.7 Å². The molecule has 8 atom stereocenters. The topological polar surface area (TPSA) is 73.8 Å². The summed E-state index contributed by atoms with van der Waals surface area (Å²) in [5, 5.41) is 0. The molecule has 0 N–H and O–H groups in total. The van der Waals surface area contributed by atoms with Gasteiger partial charge in [-0.1, -0.05) is 65.2 Å². The molecular weight excluding hydrogens is 636 g/mol. The maximum Gasteiger partial charge on any atom is 0.190 e. The van der Waals surface area contributed by atoms with Crippen molar-refractivity contribution in [3.8, 4) is 0 Å². The van der Waals surface area contributed by atoms with Crippen LogP contribution in [0, 0.1) is 0 Å². The Labute approximate surface area is 306 Å². The molecule has 0 spiro atoms. The number of quaternary nitrogens is 2. The Hall–Kier alpha value is -0.400. The molecule has 10 nitrogen and oxygen atoms in total. The number of hydrogen-bond donors (Lipinski definition) is 0. The van der Waals surface area contributed by atoms with Gasteiger partial charge in [0, 0.05) is 13.2 Å². The molecule has 0 radical (unpaired) electrons. The van der Waals surface area contributed by atoms with E-state index in [1.807, 2.05) is 27.7 Å². The number of hydrogen-bond acceptors (Lipinski definition) is 8.